The Hall–Kier alpha value is -1.08. The molecule has 0 amide bonds. The molecule has 0 saturated carbocycles. The van der Waals surface area contributed by atoms with Crippen LogP contribution in [-0.4, -0.2) is 8.07 Å². The van der Waals surface area contributed by atoms with Gasteiger partial charge >= 0.3 is 0 Å². The van der Waals surface area contributed by atoms with Gasteiger partial charge in [-0.2, -0.15) is 0 Å². The Morgan fingerprint density at radius 2 is 1.89 bits per heavy atom. The second-order valence-electron chi connectivity index (χ2n) is 6.19. The maximum atomic E-state index is 3.95. The lowest BCUT2D eigenvalue weighted by Crippen LogP contribution is -2.51. The molecule has 0 spiro atoms. The van der Waals surface area contributed by atoms with E-state index in [1.807, 2.05) is 6.08 Å². The maximum Gasteiger partial charge on any atom is 0.0901 e. The lowest BCUT2D eigenvalue weighted by atomic mass is 9.91. The molecule has 0 heterocycles. The van der Waals surface area contributed by atoms with Crippen LogP contribution in [0.1, 0.15) is 26.2 Å². The van der Waals surface area contributed by atoms with Crippen molar-refractivity contribution in [1.82, 2.24) is 0 Å². The fourth-order valence-electron chi connectivity index (χ4n) is 3.05. The maximum absolute atomic E-state index is 3.95. The normalized spacial score (nSPS) is 24.5. The average Bonchev–Trinajstić information content (AvgIpc) is 2.39. The van der Waals surface area contributed by atoms with Crippen molar-refractivity contribution in [2.75, 3.05) is 0 Å². The summed E-state index contributed by atoms with van der Waals surface area (Å²) in [6.45, 7) is 11.4. The van der Waals surface area contributed by atoms with E-state index < -0.39 is 8.07 Å². The monoisotopic (exact) mass is 256 g/mol. The summed E-state index contributed by atoms with van der Waals surface area (Å²) in [5.74, 6) is 0. The van der Waals surface area contributed by atoms with Crippen LogP contribution < -0.4 is 5.19 Å². The van der Waals surface area contributed by atoms with Crippen molar-refractivity contribution in [1.29, 1.82) is 0 Å². The molecular weight excluding hydrogens is 232 g/mol. The second kappa shape index (κ2) is 4.89. The minimum absolute atomic E-state index is 0.357. The van der Waals surface area contributed by atoms with Crippen molar-refractivity contribution in [2.45, 2.75) is 44.3 Å². The van der Waals surface area contributed by atoms with Crippen molar-refractivity contribution in [3.63, 3.8) is 0 Å². The fraction of sp³-hybridized carbons (Fsp3) is 0.412. The summed E-state index contributed by atoms with van der Waals surface area (Å²) in [6, 6.07) is 11.1. The molecular formula is C17H24Si. The van der Waals surface area contributed by atoms with Crippen molar-refractivity contribution in [3.8, 4) is 0 Å². The van der Waals surface area contributed by atoms with E-state index in [0.29, 0.717) is 5.04 Å². The molecule has 0 radical (unpaired) electrons. The minimum atomic E-state index is -1.49. The molecule has 1 aromatic carbocycles. The molecule has 1 atom stereocenters. The predicted octanol–water partition coefficient (Wildman–Crippen LogP) is 4.66. The molecule has 96 valence electrons. The van der Waals surface area contributed by atoms with Gasteiger partial charge in [0.15, 0.2) is 0 Å². The molecule has 1 aliphatic carbocycles. The van der Waals surface area contributed by atoms with E-state index >= 15 is 0 Å². The van der Waals surface area contributed by atoms with Crippen LogP contribution in [-0.2, 0) is 0 Å². The second-order valence-corrected chi connectivity index (χ2v) is 11.2. The van der Waals surface area contributed by atoms with Crippen molar-refractivity contribution >= 4 is 13.3 Å². The zero-order valence-corrected chi connectivity index (χ0v) is 12.9. The number of hydrogen-bond acceptors (Lipinski definition) is 0. The highest BCUT2D eigenvalue weighted by atomic mass is 28.3. The highest BCUT2D eigenvalue weighted by Crippen LogP contribution is 2.47. The van der Waals surface area contributed by atoms with Crippen LogP contribution in [0.2, 0.25) is 18.1 Å². The van der Waals surface area contributed by atoms with Crippen LogP contribution in [0.4, 0.5) is 0 Å². The molecule has 0 fully saturated rings. The number of allylic oxidation sites excluding steroid dienone is 3. The molecule has 1 aromatic rings. The topological polar surface area (TPSA) is 0 Å². The molecule has 18 heavy (non-hydrogen) atoms. The predicted molar refractivity (Wildman–Crippen MR) is 84.1 cm³/mol. The van der Waals surface area contributed by atoms with Crippen LogP contribution in [0.25, 0.3) is 0 Å². The van der Waals surface area contributed by atoms with Gasteiger partial charge in [0, 0.05) is 0 Å². The smallest absolute Gasteiger partial charge is 0.0901 e. The van der Waals surface area contributed by atoms with Gasteiger partial charge in [-0.1, -0.05) is 79.8 Å². The first-order valence-electron chi connectivity index (χ1n) is 6.89. The van der Waals surface area contributed by atoms with Crippen LogP contribution in [0, 0.1) is 0 Å². The summed E-state index contributed by atoms with van der Waals surface area (Å²) in [5, 5.41) is 1.92. The lowest BCUT2D eigenvalue weighted by molar-refractivity contribution is 0.575. The van der Waals surface area contributed by atoms with Gasteiger partial charge in [-0.3, -0.25) is 0 Å². The molecule has 0 aliphatic heterocycles. The van der Waals surface area contributed by atoms with Crippen LogP contribution in [0.15, 0.2) is 54.6 Å². The van der Waals surface area contributed by atoms with E-state index in [9.17, 15) is 0 Å². The quantitative estimate of drug-likeness (QED) is 0.690. The molecule has 1 unspecified atom stereocenters. The molecule has 1 heteroatoms. The summed E-state index contributed by atoms with van der Waals surface area (Å²) in [5.41, 5.74) is 1.44. The zero-order chi connectivity index (χ0) is 13.2. The number of hydrogen-bond donors (Lipinski definition) is 0. The van der Waals surface area contributed by atoms with Gasteiger partial charge in [0.2, 0.25) is 0 Å². The molecule has 0 bridgehead atoms. The molecule has 0 N–H and O–H groups in total. The van der Waals surface area contributed by atoms with Crippen LogP contribution in [0.5, 0.6) is 0 Å². The SMILES string of the molecule is C=CC1=CC(C)([Si](C)(C)c2ccccc2)CCC1. The van der Waals surface area contributed by atoms with Gasteiger partial charge in [-0.25, -0.2) is 0 Å². The third-order valence-corrected chi connectivity index (χ3v) is 9.88. The van der Waals surface area contributed by atoms with E-state index in [-0.39, 0.29) is 0 Å². The summed E-state index contributed by atoms with van der Waals surface area (Å²) in [7, 11) is -1.49. The lowest BCUT2D eigenvalue weighted by Gasteiger charge is -2.44. The van der Waals surface area contributed by atoms with E-state index in [2.05, 4.69) is 63.0 Å². The van der Waals surface area contributed by atoms with Crippen LogP contribution in [0.3, 0.4) is 0 Å². The van der Waals surface area contributed by atoms with Gasteiger partial charge in [0.25, 0.3) is 0 Å². The van der Waals surface area contributed by atoms with Gasteiger partial charge in [-0.05, 0) is 24.3 Å². The van der Waals surface area contributed by atoms with Gasteiger partial charge < -0.3 is 0 Å². The van der Waals surface area contributed by atoms with E-state index in [0.717, 1.165) is 0 Å². The first-order valence-corrected chi connectivity index (χ1v) is 9.89. The molecule has 0 saturated heterocycles. The minimum Gasteiger partial charge on any atom is -0.0988 e. The third-order valence-electron chi connectivity index (χ3n) is 4.85. The first-order chi connectivity index (χ1) is 8.49. The highest BCUT2D eigenvalue weighted by Gasteiger charge is 2.43. The summed E-state index contributed by atoms with van der Waals surface area (Å²) in [6.07, 6.45) is 8.39. The Kier molecular flexibility index (Phi) is 3.63. The highest BCUT2D eigenvalue weighted by molar-refractivity contribution is 6.92. The largest absolute Gasteiger partial charge is 0.0988 e. The van der Waals surface area contributed by atoms with Crippen LogP contribution >= 0.6 is 0 Å². The van der Waals surface area contributed by atoms with Gasteiger partial charge in [0.1, 0.15) is 0 Å². The van der Waals surface area contributed by atoms with E-state index in [4.69, 9.17) is 0 Å². The Morgan fingerprint density at radius 1 is 1.22 bits per heavy atom. The average molecular weight is 256 g/mol. The molecule has 0 aromatic heterocycles. The zero-order valence-electron chi connectivity index (χ0n) is 11.9. The molecule has 1 aliphatic rings. The van der Waals surface area contributed by atoms with Crippen molar-refractivity contribution in [2.24, 2.45) is 0 Å². The summed E-state index contributed by atoms with van der Waals surface area (Å²) >= 11 is 0. The standard InChI is InChI=1S/C17H24Si/c1-5-15-10-9-13-17(2,14-15)18(3,4)16-11-7-6-8-12-16/h5-8,11-12,14H,1,9-10,13H2,2-4H3. The Morgan fingerprint density at radius 3 is 2.50 bits per heavy atom. The first kappa shape index (κ1) is 13.4. The van der Waals surface area contributed by atoms with Crippen molar-refractivity contribution < 1.29 is 0 Å². The third kappa shape index (κ3) is 2.24. The molecule has 2 rings (SSSR count). The van der Waals surface area contributed by atoms with Crippen molar-refractivity contribution in [3.05, 3.63) is 54.6 Å². The van der Waals surface area contributed by atoms with Gasteiger partial charge in [0.05, 0.1) is 8.07 Å². The van der Waals surface area contributed by atoms with Gasteiger partial charge in [-0.15, -0.1) is 0 Å². The van der Waals surface area contributed by atoms with E-state index in [1.54, 1.807) is 5.19 Å². The Balaban J connectivity index is 2.43. The molecule has 0 nitrogen and oxygen atoms in total. The number of benzene rings is 1. The Labute approximate surface area is 112 Å². The summed E-state index contributed by atoms with van der Waals surface area (Å²) < 4.78 is 0. The fourth-order valence-corrected chi connectivity index (χ4v) is 6.08. The summed E-state index contributed by atoms with van der Waals surface area (Å²) in [4.78, 5) is 0. The number of rotatable bonds is 3. The Bertz CT molecular complexity index is 456. The van der Waals surface area contributed by atoms with E-state index in [1.165, 1.54) is 24.8 Å².